The second-order valence-electron chi connectivity index (χ2n) is 5.65. The van der Waals surface area contributed by atoms with Crippen LogP contribution in [0.1, 0.15) is 43.0 Å². The van der Waals surface area contributed by atoms with Crippen molar-refractivity contribution >= 4 is 21.6 Å². The van der Waals surface area contributed by atoms with Gasteiger partial charge in [-0.3, -0.25) is 4.79 Å². The summed E-state index contributed by atoms with van der Waals surface area (Å²) < 4.78 is 27.3. The Morgan fingerprint density at radius 3 is 2.48 bits per heavy atom. The van der Waals surface area contributed by atoms with Crippen molar-refractivity contribution < 1.29 is 13.2 Å². The number of anilines is 1. The van der Waals surface area contributed by atoms with Gasteiger partial charge in [-0.25, -0.2) is 13.1 Å². The van der Waals surface area contributed by atoms with Crippen molar-refractivity contribution in [2.75, 3.05) is 12.3 Å². The number of sulfonamides is 1. The fourth-order valence-corrected chi connectivity index (χ4v) is 3.87. The number of nitrogen functional groups attached to an aromatic ring is 1. The van der Waals surface area contributed by atoms with E-state index in [1.54, 1.807) is 0 Å². The van der Waals surface area contributed by atoms with Crippen LogP contribution >= 0.6 is 0 Å². The van der Waals surface area contributed by atoms with Gasteiger partial charge in [0.25, 0.3) is 0 Å². The molecule has 0 spiro atoms. The first-order chi connectivity index (χ1) is 9.80. The Labute approximate surface area is 124 Å². The van der Waals surface area contributed by atoms with Crippen LogP contribution in [0, 0.1) is 5.41 Å². The molecule has 1 aliphatic carbocycles. The Morgan fingerprint density at radius 1 is 1.38 bits per heavy atom. The smallest absolute Gasteiger partial charge is 0.248 e. The Hall–Kier alpha value is -1.60. The van der Waals surface area contributed by atoms with E-state index in [0.717, 1.165) is 25.7 Å². The molecule has 1 amide bonds. The zero-order valence-corrected chi connectivity index (χ0v) is 12.9. The predicted molar refractivity (Wildman–Crippen MR) is 81.1 cm³/mol. The van der Waals surface area contributed by atoms with Gasteiger partial charge < -0.3 is 11.5 Å². The zero-order chi connectivity index (χ0) is 15.7. The van der Waals surface area contributed by atoms with Gasteiger partial charge in [-0.2, -0.15) is 0 Å². The van der Waals surface area contributed by atoms with Crippen LogP contribution in [0.5, 0.6) is 0 Å². The van der Waals surface area contributed by atoms with Crippen LogP contribution in [0.2, 0.25) is 0 Å². The molecule has 7 heteroatoms. The van der Waals surface area contributed by atoms with Crippen molar-refractivity contribution in [1.29, 1.82) is 0 Å². The summed E-state index contributed by atoms with van der Waals surface area (Å²) in [6.45, 7) is 2.49. The minimum absolute atomic E-state index is 0.0157. The standard InChI is InChI=1S/C14H21N3O3S/c1-2-14(6-3-7-14)9-17-21(19,20)12-5-4-10(13(16)18)8-11(12)15/h4-5,8,17H,2-3,6-7,9,15H2,1H3,(H2,16,18). The summed E-state index contributed by atoms with van der Waals surface area (Å²) in [4.78, 5) is 11.0. The molecule has 0 heterocycles. The minimum atomic E-state index is -3.68. The SMILES string of the molecule is CCC1(CNS(=O)(=O)c2ccc(C(N)=O)cc2N)CCC1. The number of primary amides is 1. The van der Waals surface area contributed by atoms with E-state index in [1.807, 2.05) is 0 Å². The molecular weight excluding hydrogens is 290 g/mol. The zero-order valence-electron chi connectivity index (χ0n) is 12.1. The van der Waals surface area contributed by atoms with Crippen LogP contribution < -0.4 is 16.2 Å². The molecule has 21 heavy (non-hydrogen) atoms. The van der Waals surface area contributed by atoms with E-state index in [2.05, 4.69) is 11.6 Å². The van der Waals surface area contributed by atoms with Gasteiger partial charge in [0.05, 0.1) is 5.69 Å². The molecule has 1 fully saturated rings. The predicted octanol–water partition coefficient (Wildman–Crippen LogP) is 1.23. The van der Waals surface area contributed by atoms with Crippen molar-refractivity contribution in [3.05, 3.63) is 23.8 Å². The summed E-state index contributed by atoms with van der Waals surface area (Å²) in [6, 6.07) is 3.97. The van der Waals surface area contributed by atoms with Crippen LogP contribution in [0.3, 0.4) is 0 Å². The summed E-state index contributed by atoms with van der Waals surface area (Å²) in [7, 11) is -3.68. The number of carbonyl (C=O) groups is 1. The van der Waals surface area contributed by atoms with Crippen molar-refractivity contribution in [1.82, 2.24) is 4.72 Å². The quantitative estimate of drug-likeness (QED) is 0.685. The molecule has 0 aliphatic heterocycles. The van der Waals surface area contributed by atoms with Crippen molar-refractivity contribution in [3.8, 4) is 0 Å². The van der Waals surface area contributed by atoms with Crippen LogP contribution in [-0.2, 0) is 10.0 Å². The third-order valence-corrected chi connectivity index (χ3v) is 5.86. The largest absolute Gasteiger partial charge is 0.398 e. The molecule has 2 rings (SSSR count). The summed E-state index contributed by atoms with van der Waals surface area (Å²) in [5.74, 6) is -0.641. The number of hydrogen-bond acceptors (Lipinski definition) is 4. The normalized spacial score (nSPS) is 17.2. The summed E-state index contributed by atoms with van der Waals surface area (Å²) >= 11 is 0. The molecule has 1 saturated carbocycles. The Bertz CT molecular complexity index is 646. The van der Waals surface area contributed by atoms with Crippen molar-refractivity contribution in [2.24, 2.45) is 11.1 Å². The molecule has 0 saturated heterocycles. The molecule has 1 aromatic rings. The summed E-state index contributed by atoms with van der Waals surface area (Å²) in [5, 5.41) is 0. The second kappa shape index (κ2) is 5.65. The van der Waals surface area contributed by atoms with Crippen LogP contribution in [0.25, 0.3) is 0 Å². The van der Waals surface area contributed by atoms with Crippen LogP contribution in [0.4, 0.5) is 5.69 Å². The number of benzene rings is 1. The van der Waals surface area contributed by atoms with E-state index in [0.29, 0.717) is 6.54 Å². The highest BCUT2D eigenvalue weighted by Crippen LogP contribution is 2.43. The number of hydrogen-bond donors (Lipinski definition) is 3. The number of rotatable bonds is 6. The first-order valence-corrected chi connectivity index (χ1v) is 8.47. The van der Waals surface area contributed by atoms with E-state index >= 15 is 0 Å². The summed E-state index contributed by atoms with van der Waals surface area (Å²) in [6.07, 6.45) is 4.18. The maximum absolute atomic E-state index is 12.3. The first-order valence-electron chi connectivity index (χ1n) is 6.99. The van der Waals surface area contributed by atoms with Gasteiger partial charge in [-0.15, -0.1) is 0 Å². The van der Waals surface area contributed by atoms with Crippen LogP contribution in [0.15, 0.2) is 23.1 Å². The van der Waals surface area contributed by atoms with Gasteiger partial charge >= 0.3 is 0 Å². The van der Waals surface area contributed by atoms with Crippen LogP contribution in [-0.4, -0.2) is 20.9 Å². The monoisotopic (exact) mass is 311 g/mol. The molecule has 5 N–H and O–H groups in total. The van der Waals surface area contributed by atoms with E-state index in [9.17, 15) is 13.2 Å². The Balaban J connectivity index is 2.18. The van der Waals surface area contributed by atoms with Crippen molar-refractivity contribution in [2.45, 2.75) is 37.5 Å². The number of nitrogens with one attached hydrogen (secondary N) is 1. The molecule has 0 atom stereocenters. The molecular formula is C14H21N3O3S. The molecule has 0 unspecified atom stereocenters. The van der Waals surface area contributed by atoms with Gasteiger partial charge in [0.1, 0.15) is 4.90 Å². The minimum Gasteiger partial charge on any atom is -0.398 e. The van der Waals surface area contributed by atoms with Gasteiger partial charge in [-0.1, -0.05) is 13.3 Å². The highest BCUT2D eigenvalue weighted by molar-refractivity contribution is 7.89. The van der Waals surface area contributed by atoms with Gasteiger partial charge in [0.2, 0.25) is 15.9 Å². The number of carbonyl (C=O) groups excluding carboxylic acids is 1. The molecule has 1 aliphatic rings. The Kier molecular flexibility index (Phi) is 4.25. The lowest BCUT2D eigenvalue weighted by atomic mass is 9.67. The lowest BCUT2D eigenvalue weighted by molar-refractivity contribution is 0.1000. The lowest BCUT2D eigenvalue weighted by Crippen LogP contribution is -2.41. The van der Waals surface area contributed by atoms with Gasteiger partial charge in [0, 0.05) is 12.1 Å². The maximum atomic E-state index is 12.3. The lowest BCUT2D eigenvalue weighted by Gasteiger charge is -2.41. The van der Waals surface area contributed by atoms with Gasteiger partial charge in [0.15, 0.2) is 0 Å². The van der Waals surface area contributed by atoms with E-state index in [1.165, 1.54) is 18.2 Å². The van der Waals surface area contributed by atoms with Gasteiger partial charge in [-0.05, 0) is 42.9 Å². The molecule has 0 aromatic heterocycles. The molecule has 116 valence electrons. The number of amides is 1. The summed E-state index contributed by atoms with van der Waals surface area (Å²) in [5.41, 5.74) is 11.2. The fraction of sp³-hybridized carbons (Fsp3) is 0.500. The van der Waals surface area contributed by atoms with E-state index in [4.69, 9.17) is 11.5 Å². The van der Waals surface area contributed by atoms with E-state index < -0.39 is 15.9 Å². The molecule has 0 radical (unpaired) electrons. The van der Waals surface area contributed by atoms with E-state index in [-0.39, 0.29) is 21.6 Å². The second-order valence-corrected chi connectivity index (χ2v) is 7.38. The highest BCUT2D eigenvalue weighted by Gasteiger charge is 2.36. The number of nitrogens with two attached hydrogens (primary N) is 2. The Morgan fingerprint density at radius 2 is 2.05 bits per heavy atom. The third-order valence-electron chi connectivity index (χ3n) is 4.39. The molecule has 6 nitrogen and oxygen atoms in total. The van der Waals surface area contributed by atoms with Crippen molar-refractivity contribution in [3.63, 3.8) is 0 Å². The average molecular weight is 311 g/mol. The fourth-order valence-electron chi connectivity index (χ4n) is 2.60. The highest BCUT2D eigenvalue weighted by atomic mass is 32.2. The molecule has 1 aromatic carbocycles. The average Bonchev–Trinajstić information content (AvgIpc) is 2.37. The maximum Gasteiger partial charge on any atom is 0.248 e. The third kappa shape index (κ3) is 3.19. The first kappa shape index (κ1) is 15.8. The topological polar surface area (TPSA) is 115 Å². The molecule has 0 bridgehead atoms.